The molecule has 0 saturated carbocycles. The second kappa shape index (κ2) is 5.77. The Morgan fingerprint density at radius 2 is 2.18 bits per heavy atom. The first-order valence-electron chi connectivity index (χ1n) is 5.63. The predicted octanol–water partition coefficient (Wildman–Crippen LogP) is 1.87. The van der Waals surface area contributed by atoms with Gasteiger partial charge in [-0.3, -0.25) is 4.79 Å². The normalized spacial score (nSPS) is 16.7. The summed E-state index contributed by atoms with van der Waals surface area (Å²) in [5.41, 5.74) is 0.592. The summed E-state index contributed by atoms with van der Waals surface area (Å²) >= 11 is 2.00. The maximum Gasteiger partial charge on any atom is 0.254 e. The first kappa shape index (κ1) is 12.8. The summed E-state index contributed by atoms with van der Waals surface area (Å²) in [5.74, 6) is -0.304. The lowest BCUT2D eigenvalue weighted by Gasteiger charge is -2.20. The van der Waals surface area contributed by atoms with Gasteiger partial charge in [-0.2, -0.15) is 0 Å². The van der Waals surface area contributed by atoms with E-state index in [0.717, 1.165) is 26.1 Å². The first-order valence-corrected chi connectivity index (χ1v) is 6.71. The van der Waals surface area contributed by atoms with Crippen LogP contribution in [0.15, 0.2) is 18.2 Å². The minimum atomic E-state index is -0.302. The van der Waals surface area contributed by atoms with Crippen LogP contribution in [0.5, 0.6) is 0 Å². The molecule has 1 fully saturated rings. The fourth-order valence-corrected chi connectivity index (χ4v) is 2.59. The van der Waals surface area contributed by atoms with E-state index in [4.69, 9.17) is 0 Å². The molecule has 0 bridgehead atoms. The Morgan fingerprint density at radius 3 is 2.94 bits per heavy atom. The van der Waals surface area contributed by atoms with Crippen LogP contribution in [0.2, 0.25) is 0 Å². The molecule has 3 nitrogen and oxygen atoms in total. The highest BCUT2D eigenvalue weighted by Crippen LogP contribution is 2.16. The van der Waals surface area contributed by atoms with E-state index < -0.39 is 0 Å². The second-order valence-electron chi connectivity index (χ2n) is 4.02. The topological polar surface area (TPSA) is 32.3 Å². The molecule has 0 unspecified atom stereocenters. The van der Waals surface area contributed by atoms with Gasteiger partial charge in [-0.05, 0) is 53.8 Å². The van der Waals surface area contributed by atoms with Crippen molar-refractivity contribution in [1.82, 2.24) is 10.2 Å². The summed E-state index contributed by atoms with van der Waals surface area (Å²) in [7, 11) is 0. The number of nitrogens with one attached hydrogen (secondary N) is 1. The molecule has 1 aliphatic heterocycles. The lowest BCUT2D eigenvalue weighted by molar-refractivity contribution is 0.0765. The molecule has 0 spiro atoms. The third-order valence-corrected chi connectivity index (χ3v) is 3.68. The lowest BCUT2D eigenvalue weighted by atomic mass is 10.2. The number of rotatable bonds is 1. The third-order valence-electron chi connectivity index (χ3n) is 2.79. The molecule has 0 atom stereocenters. The van der Waals surface area contributed by atoms with Gasteiger partial charge in [-0.25, -0.2) is 4.39 Å². The number of amides is 1. The summed E-state index contributed by atoms with van der Waals surface area (Å²) in [6, 6.07) is 4.30. The van der Waals surface area contributed by atoms with Crippen LogP contribution in [0.4, 0.5) is 4.39 Å². The molecule has 0 radical (unpaired) electrons. The largest absolute Gasteiger partial charge is 0.337 e. The van der Waals surface area contributed by atoms with Gasteiger partial charge in [0.15, 0.2) is 0 Å². The monoisotopic (exact) mass is 348 g/mol. The second-order valence-corrected chi connectivity index (χ2v) is 5.18. The van der Waals surface area contributed by atoms with Gasteiger partial charge in [-0.15, -0.1) is 0 Å². The Balaban J connectivity index is 2.17. The zero-order chi connectivity index (χ0) is 12.3. The molecular weight excluding hydrogens is 334 g/mol. The fourth-order valence-electron chi connectivity index (χ4n) is 1.88. The zero-order valence-corrected chi connectivity index (χ0v) is 11.5. The lowest BCUT2D eigenvalue weighted by Crippen LogP contribution is -2.34. The Labute approximate surface area is 114 Å². The molecule has 1 aromatic carbocycles. The molecule has 0 aromatic heterocycles. The van der Waals surface area contributed by atoms with Gasteiger partial charge < -0.3 is 10.2 Å². The molecule has 0 aliphatic carbocycles. The molecule has 1 amide bonds. The molecule has 1 aliphatic rings. The SMILES string of the molecule is O=C(c1ccc(F)cc1I)N1CCCNCC1. The molecule has 1 saturated heterocycles. The Morgan fingerprint density at radius 1 is 1.35 bits per heavy atom. The van der Waals surface area contributed by atoms with Crippen molar-refractivity contribution in [3.05, 3.63) is 33.1 Å². The Kier molecular flexibility index (Phi) is 4.33. The van der Waals surface area contributed by atoms with E-state index in [-0.39, 0.29) is 11.7 Å². The van der Waals surface area contributed by atoms with Crippen molar-refractivity contribution in [2.24, 2.45) is 0 Å². The number of hydrogen-bond acceptors (Lipinski definition) is 2. The number of halogens is 2. The van der Waals surface area contributed by atoms with Crippen LogP contribution in [0.3, 0.4) is 0 Å². The Bertz CT molecular complexity index is 417. The Hall–Kier alpha value is -0.690. The van der Waals surface area contributed by atoms with Gasteiger partial charge in [-0.1, -0.05) is 0 Å². The minimum absolute atomic E-state index is 0.00176. The number of carbonyl (C=O) groups is 1. The van der Waals surface area contributed by atoms with Crippen LogP contribution in [-0.2, 0) is 0 Å². The highest BCUT2D eigenvalue weighted by molar-refractivity contribution is 14.1. The maximum atomic E-state index is 13.0. The highest BCUT2D eigenvalue weighted by Gasteiger charge is 2.19. The average molecular weight is 348 g/mol. The minimum Gasteiger partial charge on any atom is -0.337 e. The molecular formula is C12H14FIN2O. The van der Waals surface area contributed by atoms with Gasteiger partial charge in [0.05, 0.1) is 5.56 Å². The van der Waals surface area contributed by atoms with Gasteiger partial charge in [0.1, 0.15) is 5.82 Å². The fraction of sp³-hybridized carbons (Fsp3) is 0.417. The van der Waals surface area contributed by atoms with E-state index in [1.807, 2.05) is 27.5 Å². The van der Waals surface area contributed by atoms with Crippen molar-refractivity contribution in [2.75, 3.05) is 26.2 Å². The van der Waals surface area contributed by atoms with E-state index in [1.54, 1.807) is 6.07 Å². The van der Waals surface area contributed by atoms with Gasteiger partial charge >= 0.3 is 0 Å². The summed E-state index contributed by atoms with van der Waals surface area (Å²) in [6.07, 6.45) is 0.962. The van der Waals surface area contributed by atoms with E-state index in [9.17, 15) is 9.18 Å². The number of nitrogens with zero attached hydrogens (tertiary/aromatic N) is 1. The molecule has 1 N–H and O–H groups in total. The van der Waals surface area contributed by atoms with Crippen molar-refractivity contribution in [1.29, 1.82) is 0 Å². The summed E-state index contributed by atoms with van der Waals surface area (Å²) < 4.78 is 13.6. The zero-order valence-electron chi connectivity index (χ0n) is 9.38. The predicted molar refractivity (Wildman–Crippen MR) is 72.5 cm³/mol. The van der Waals surface area contributed by atoms with Crippen molar-refractivity contribution >= 4 is 28.5 Å². The number of benzene rings is 1. The summed E-state index contributed by atoms with van der Waals surface area (Å²) in [6.45, 7) is 3.25. The number of hydrogen-bond donors (Lipinski definition) is 1. The van der Waals surface area contributed by atoms with Crippen molar-refractivity contribution in [3.8, 4) is 0 Å². The van der Waals surface area contributed by atoms with Gasteiger partial charge in [0.25, 0.3) is 5.91 Å². The molecule has 92 valence electrons. The average Bonchev–Trinajstić information content (AvgIpc) is 2.56. The van der Waals surface area contributed by atoms with Crippen molar-refractivity contribution in [3.63, 3.8) is 0 Å². The van der Waals surface area contributed by atoms with E-state index in [1.165, 1.54) is 12.1 Å². The van der Waals surface area contributed by atoms with Gasteiger partial charge in [0.2, 0.25) is 0 Å². The molecule has 17 heavy (non-hydrogen) atoms. The van der Waals surface area contributed by atoms with Gasteiger partial charge in [0, 0.05) is 23.2 Å². The first-order chi connectivity index (χ1) is 8.18. The smallest absolute Gasteiger partial charge is 0.254 e. The van der Waals surface area contributed by atoms with Crippen LogP contribution in [-0.4, -0.2) is 37.0 Å². The molecule has 1 heterocycles. The highest BCUT2D eigenvalue weighted by atomic mass is 127. The van der Waals surface area contributed by atoms with E-state index >= 15 is 0 Å². The van der Waals surface area contributed by atoms with E-state index in [0.29, 0.717) is 15.7 Å². The van der Waals surface area contributed by atoms with Crippen molar-refractivity contribution in [2.45, 2.75) is 6.42 Å². The molecule has 2 rings (SSSR count). The summed E-state index contributed by atoms with van der Waals surface area (Å²) in [4.78, 5) is 14.1. The van der Waals surface area contributed by atoms with Crippen LogP contribution in [0.1, 0.15) is 16.8 Å². The third kappa shape index (κ3) is 3.16. The molecule has 1 aromatic rings. The van der Waals surface area contributed by atoms with Crippen LogP contribution in [0, 0.1) is 9.39 Å². The van der Waals surface area contributed by atoms with Crippen molar-refractivity contribution < 1.29 is 9.18 Å². The van der Waals surface area contributed by atoms with Crippen LogP contribution < -0.4 is 5.32 Å². The van der Waals surface area contributed by atoms with E-state index in [2.05, 4.69) is 5.32 Å². The number of carbonyl (C=O) groups excluding carboxylic acids is 1. The quantitative estimate of drug-likeness (QED) is 0.786. The molecule has 5 heteroatoms. The maximum absolute atomic E-state index is 13.0. The standard InChI is InChI=1S/C12H14FIN2O/c13-9-2-3-10(11(14)8-9)12(17)16-6-1-4-15-5-7-16/h2-3,8,15H,1,4-7H2. The van der Waals surface area contributed by atoms with Crippen LogP contribution >= 0.6 is 22.6 Å². The van der Waals surface area contributed by atoms with Crippen LogP contribution in [0.25, 0.3) is 0 Å². The summed E-state index contributed by atoms with van der Waals surface area (Å²) in [5, 5.41) is 3.25.